The Labute approximate surface area is 178 Å². The fraction of sp³-hybridized carbons (Fsp3) is 0.636. The van der Waals surface area contributed by atoms with E-state index in [1.54, 1.807) is 7.05 Å². The summed E-state index contributed by atoms with van der Waals surface area (Å²) in [6.45, 7) is 8.48. The summed E-state index contributed by atoms with van der Waals surface area (Å²) in [6.07, 6.45) is 5.60. The van der Waals surface area contributed by atoms with Gasteiger partial charge < -0.3 is 14.7 Å². The van der Waals surface area contributed by atoms with Crippen LogP contribution in [-0.2, 0) is 17.8 Å². The van der Waals surface area contributed by atoms with E-state index in [0.29, 0.717) is 18.9 Å². The van der Waals surface area contributed by atoms with Gasteiger partial charge >= 0.3 is 0 Å². The van der Waals surface area contributed by atoms with Gasteiger partial charge in [-0.3, -0.25) is 9.69 Å². The highest BCUT2D eigenvalue weighted by molar-refractivity contribution is 5.83. The highest BCUT2D eigenvalue weighted by Crippen LogP contribution is 2.36. The Morgan fingerprint density at radius 3 is 2.80 bits per heavy atom. The summed E-state index contributed by atoms with van der Waals surface area (Å²) in [5.41, 5.74) is 1.43. The summed E-state index contributed by atoms with van der Waals surface area (Å²) in [5.74, 6) is 1.97. The number of nitrogens with zero attached hydrogens (tertiary/aromatic N) is 5. The highest BCUT2D eigenvalue weighted by Gasteiger charge is 2.45. The lowest BCUT2D eigenvalue weighted by molar-refractivity contribution is -0.130. The molecule has 2 aliphatic heterocycles. The van der Waals surface area contributed by atoms with Gasteiger partial charge in [0.1, 0.15) is 5.76 Å². The van der Waals surface area contributed by atoms with E-state index < -0.39 is 5.41 Å². The van der Waals surface area contributed by atoms with Crippen LogP contribution in [-0.4, -0.2) is 59.2 Å². The van der Waals surface area contributed by atoms with Crippen molar-refractivity contribution >= 4 is 11.9 Å². The average Bonchev–Trinajstić information content (AvgIpc) is 3.50. The van der Waals surface area contributed by atoms with Crippen molar-refractivity contribution in [3.05, 3.63) is 35.5 Å². The van der Waals surface area contributed by atoms with Gasteiger partial charge in [0.2, 0.25) is 11.9 Å². The minimum Gasteiger partial charge on any atom is -0.361 e. The van der Waals surface area contributed by atoms with Crippen LogP contribution < -0.4 is 10.2 Å². The van der Waals surface area contributed by atoms with Gasteiger partial charge in [-0.25, -0.2) is 9.97 Å². The third-order valence-electron chi connectivity index (χ3n) is 6.30. The smallest absolute Gasteiger partial charge is 0.227 e. The molecule has 2 aromatic rings. The standard InChI is InChI=1S/C22H32N6O2/c1-16(2)19-12-18(30-26-19)13-22(20(29)23-3)7-11-27(15-22)14-17-6-8-24-21(25-17)28-9-4-5-10-28/h6,8,12,16H,4-5,7,9-11,13-15H2,1-3H3,(H,23,29)/t22-/m0/s1. The van der Waals surface area contributed by atoms with E-state index in [9.17, 15) is 4.79 Å². The van der Waals surface area contributed by atoms with Gasteiger partial charge in [-0.05, 0) is 37.8 Å². The Bertz CT molecular complexity index is 876. The lowest BCUT2D eigenvalue weighted by Crippen LogP contribution is -2.43. The summed E-state index contributed by atoms with van der Waals surface area (Å²) in [7, 11) is 1.71. The topological polar surface area (TPSA) is 87.4 Å². The fourth-order valence-corrected chi connectivity index (χ4v) is 4.56. The van der Waals surface area contributed by atoms with Crippen molar-refractivity contribution < 1.29 is 9.32 Å². The molecular formula is C22H32N6O2. The number of rotatable bonds is 7. The normalized spacial score (nSPS) is 22.2. The van der Waals surface area contributed by atoms with Gasteiger partial charge in [0.25, 0.3) is 0 Å². The van der Waals surface area contributed by atoms with Crippen molar-refractivity contribution in [2.75, 3.05) is 38.1 Å². The summed E-state index contributed by atoms with van der Waals surface area (Å²) in [6, 6.07) is 3.97. The summed E-state index contributed by atoms with van der Waals surface area (Å²) in [5, 5.41) is 7.03. The quantitative estimate of drug-likeness (QED) is 0.747. The first-order valence-corrected chi connectivity index (χ1v) is 11.0. The molecule has 162 valence electrons. The number of hydrogen-bond acceptors (Lipinski definition) is 7. The predicted octanol–water partition coefficient (Wildman–Crippen LogP) is 2.37. The van der Waals surface area contributed by atoms with Crippen molar-refractivity contribution in [3.8, 4) is 0 Å². The van der Waals surface area contributed by atoms with Crippen molar-refractivity contribution in [3.63, 3.8) is 0 Å². The second kappa shape index (κ2) is 8.71. The van der Waals surface area contributed by atoms with Gasteiger partial charge in [-0.1, -0.05) is 19.0 Å². The van der Waals surface area contributed by atoms with Gasteiger partial charge in [0.05, 0.1) is 16.8 Å². The fourth-order valence-electron chi connectivity index (χ4n) is 4.56. The molecule has 0 saturated carbocycles. The number of aromatic nitrogens is 3. The Morgan fingerprint density at radius 1 is 1.30 bits per heavy atom. The van der Waals surface area contributed by atoms with Gasteiger partial charge in [0.15, 0.2) is 0 Å². The first-order valence-electron chi connectivity index (χ1n) is 11.0. The molecule has 8 heteroatoms. The van der Waals surface area contributed by atoms with Crippen LogP contribution in [0, 0.1) is 5.41 Å². The second-order valence-electron chi connectivity index (χ2n) is 8.91. The molecule has 1 atom stereocenters. The molecule has 2 saturated heterocycles. The van der Waals surface area contributed by atoms with Gasteiger partial charge in [-0.15, -0.1) is 0 Å². The number of anilines is 1. The summed E-state index contributed by atoms with van der Waals surface area (Å²) >= 11 is 0. The largest absolute Gasteiger partial charge is 0.361 e. The van der Waals surface area contributed by atoms with Crippen LogP contribution in [0.25, 0.3) is 0 Å². The molecule has 0 aromatic carbocycles. The third-order valence-corrected chi connectivity index (χ3v) is 6.30. The summed E-state index contributed by atoms with van der Waals surface area (Å²) in [4.78, 5) is 26.7. The van der Waals surface area contributed by atoms with Gasteiger partial charge in [0, 0.05) is 51.9 Å². The maximum atomic E-state index is 12.9. The zero-order valence-electron chi connectivity index (χ0n) is 18.2. The van der Waals surface area contributed by atoms with E-state index in [0.717, 1.165) is 55.7 Å². The minimum atomic E-state index is -0.507. The van der Waals surface area contributed by atoms with Crippen LogP contribution in [0.15, 0.2) is 22.9 Å². The molecule has 8 nitrogen and oxygen atoms in total. The number of likely N-dealkylation sites (tertiary alicyclic amines) is 1. The number of carbonyl (C=O) groups excluding carboxylic acids is 1. The molecule has 0 bridgehead atoms. The van der Waals surface area contributed by atoms with E-state index in [1.165, 1.54) is 12.8 Å². The van der Waals surface area contributed by atoms with Crippen molar-refractivity contribution in [2.24, 2.45) is 5.41 Å². The van der Waals surface area contributed by atoms with Crippen LogP contribution in [0.2, 0.25) is 0 Å². The molecule has 0 radical (unpaired) electrons. The molecule has 0 unspecified atom stereocenters. The van der Waals surface area contributed by atoms with E-state index in [-0.39, 0.29) is 5.91 Å². The van der Waals surface area contributed by atoms with E-state index in [4.69, 9.17) is 9.51 Å². The predicted molar refractivity (Wildman–Crippen MR) is 114 cm³/mol. The molecule has 2 aromatic heterocycles. The minimum absolute atomic E-state index is 0.0629. The SMILES string of the molecule is CNC(=O)[C@]1(Cc2cc(C(C)C)no2)CCN(Cc2ccnc(N3CCCC3)n2)C1. The molecule has 0 aliphatic carbocycles. The van der Waals surface area contributed by atoms with Crippen molar-refractivity contribution in [1.29, 1.82) is 0 Å². The van der Waals surface area contributed by atoms with Crippen molar-refractivity contribution in [2.45, 2.75) is 52.0 Å². The Hall–Kier alpha value is -2.48. The maximum absolute atomic E-state index is 12.9. The van der Waals surface area contributed by atoms with E-state index in [1.807, 2.05) is 18.3 Å². The Balaban J connectivity index is 1.46. The van der Waals surface area contributed by atoms with E-state index in [2.05, 4.69) is 39.1 Å². The molecule has 2 fully saturated rings. The molecule has 1 amide bonds. The van der Waals surface area contributed by atoms with Gasteiger partial charge in [-0.2, -0.15) is 0 Å². The molecule has 0 spiro atoms. The molecule has 1 N–H and O–H groups in total. The van der Waals surface area contributed by atoms with Crippen molar-refractivity contribution in [1.82, 2.24) is 25.3 Å². The molecule has 30 heavy (non-hydrogen) atoms. The maximum Gasteiger partial charge on any atom is 0.227 e. The molecular weight excluding hydrogens is 380 g/mol. The monoisotopic (exact) mass is 412 g/mol. The van der Waals surface area contributed by atoms with Crippen LogP contribution in [0.5, 0.6) is 0 Å². The van der Waals surface area contributed by atoms with Crippen LogP contribution in [0.4, 0.5) is 5.95 Å². The van der Waals surface area contributed by atoms with E-state index >= 15 is 0 Å². The number of nitrogens with one attached hydrogen (secondary N) is 1. The molecule has 4 rings (SSSR count). The average molecular weight is 413 g/mol. The Kier molecular flexibility index (Phi) is 6.04. The first-order chi connectivity index (χ1) is 14.5. The number of hydrogen-bond donors (Lipinski definition) is 1. The number of carbonyl (C=O) groups is 1. The van der Waals surface area contributed by atoms with Crippen LogP contribution >= 0.6 is 0 Å². The van der Waals surface area contributed by atoms with Crippen LogP contribution in [0.1, 0.15) is 56.2 Å². The number of amides is 1. The zero-order valence-corrected chi connectivity index (χ0v) is 18.2. The molecule has 4 heterocycles. The zero-order chi connectivity index (χ0) is 21.1. The summed E-state index contributed by atoms with van der Waals surface area (Å²) < 4.78 is 5.56. The lowest BCUT2D eigenvalue weighted by Gasteiger charge is -2.26. The Morgan fingerprint density at radius 2 is 2.10 bits per heavy atom. The third kappa shape index (κ3) is 4.33. The lowest BCUT2D eigenvalue weighted by atomic mass is 9.81. The molecule has 2 aliphatic rings. The first kappa shape index (κ1) is 20.8. The van der Waals surface area contributed by atoms with Crippen LogP contribution in [0.3, 0.4) is 0 Å². The highest BCUT2D eigenvalue weighted by atomic mass is 16.5. The second-order valence-corrected chi connectivity index (χ2v) is 8.91.